The number of nitrogens with zero attached hydrogens (tertiary/aromatic N) is 1. The van der Waals surface area contributed by atoms with Crippen LogP contribution >= 0.6 is 0 Å². The number of aliphatic hydroxyl groups excluding tert-OH is 1. The van der Waals surface area contributed by atoms with Crippen LogP contribution in [0.2, 0.25) is 0 Å². The quantitative estimate of drug-likeness (QED) is 0.755. The molecule has 0 radical (unpaired) electrons. The molecule has 0 amide bonds. The van der Waals surface area contributed by atoms with Gasteiger partial charge in [-0.15, -0.1) is 0 Å². The van der Waals surface area contributed by atoms with Gasteiger partial charge in [-0.05, 0) is 50.3 Å². The van der Waals surface area contributed by atoms with Crippen LogP contribution in [0.25, 0.3) is 0 Å². The maximum absolute atomic E-state index is 12.9. The van der Waals surface area contributed by atoms with Crippen molar-refractivity contribution in [2.45, 2.75) is 55.2 Å². The van der Waals surface area contributed by atoms with Crippen molar-refractivity contribution < 1.29 is 14.6 Å². The van der Waals surface area contributed by atoms with Crippen molar-refractivity contribution in [1.29, 1.82) is 0 Å². The minimum absolute atomic E-state index is 0.0969. The third-order valence-electron chi connectivity index (χ3n) is 8.73. The van der Waals surface area contributed by atoms with E-state index in [9.17, 15) is 9.90 Å². The van der Waals surface area contributed by atoms with Crippen molar-refractivity contribution in [3.05, 3.63) is 29.8 Å². The van der Waals surface area contributed by atoms with E-state index in [1.165, 1.54) is 18.4 Å². The molecule has 2 N–H and O–H groups in total. The zero-order chi connectivity index (χ0) is 17.7. The Hall–Kier alpha value is -1.59. The van der Waals surface area contributed by atoms with E-state index in [0.29, 0.717) is 6.04 Å². The smallest absolute Gasteiger partial charge is 0.311 e. The number of fused-ring (bicyclic) bond motifs is 3. The fraction of sp³-hybridized carbons (Fsp3) is 0.667. The molecule has 2 saturated heterocycles. The zero-order valence-electron chi connectivity index (χ0n) is 15.2. The van der Waals surface area contributed by atoms with Gasteiger partial charge in [0.15, 0.2) is 0 Å². The van der Waals surface area contributed by atoms with Gasteiger partial charge in [-0.2, -0.15) is 0 Å². The molecule has 2 bridgehead atoms. The van der Waals surface area contributed by atoms with Gasteiger partial charge in [0, 0.05) is 29.1 Å². The highest BCUT2D eigenvalue weighted by atomic mass is 16.5. The van der Waals surface area contributed by atoms with Crippen molar-refractivity contribution in [1.82, 2.24) is 4.90 Å². The van der Waals surface area contributed by atoms with E-state index in [4.69, 9.17) is 4.74 Å². The molecule has 0 unspecified atom stereocenters. The normalized spacial score (nSPS) is 47.7. The first-order valence-electron chi connectivity index (χ1n) is 9.97. The summed E-state index contributed by atoms with van der Waals surface area (Å²) in [5.41, 5.74) is 1.98. The molecule has 3 saturated carbocycles. The highest BCUT2D eigenvalue weighted by Gasteiger charge is 2.80. The summed E-state index contributed by atoms with van der Waals surface area (Å²) in [6, 6.07) is 8.94. The van der Waals surface area contributed by atoms with E-state index in [2.05, 4.69) is 34.5 Å². The molecule has 26 heavy (non-hydrogen) atoms. The maximum Gasteiger partial charge on any atom is 0.311 e. The Morgan fingerprint density at radius 1 is 1.27 bits per heavy atom. The van der Waals surface area contributed by atoms with E-state index in [0.717, 1.165) is 45.2 Å². The summed E-state index contributed by atoms with van der Waals surface area (Å²) >= 11 is 0. The van der Waals surface area contributed by atoms with Crippen LogP contribution in [0.5, 0.6) is 0 Å². The molecule has 5 fully saturated rings. The first-order valence-corrected chi connectivity index (χ1v) is 9.97. The third kappa shape index (κ3) is 1.38. The summed E-state index contributed by atoms with van der Waals surface area (Å²) < 4.78 is 5.28. The summed E-state index contributed by atoms with van der Waals surface area (Å²) in [4.78, 5) is 15.6. The maximum atomic E-state index is 12.9. The number of para-hydroxylation sites is 1. The number of methoxy groups -OCH3 is 1. The van der Waals surface area contributed by atoms with Crippen LogP contribution in [-0.4, -0.2) is 53.9 Å². The number of hydrogen-bond acceptors (Lipinski definition) is 5. The topological polar surface area (TPSA) is 61.8 Å². The van der Waals surface area contributed by atoms with Crippen LogP contribution in [0.4, 0.5) is 5.69 Å². The molecule has 3 heterocycles. The lowest BCUT2D eigenvalue weighted by Gasteiger charge is -2.69. The van der Waals surface area contributed by atoms with Gasteiger partial charge in [-0.3, -0.25) is 9.69 Å². The average Bonchev–Trinajstić information content (AvgIpc) is 3.21. The number of hydrogen-bond donors (Lipinski definition) is 2. The zero-order valence-corrected chi connectivity index (χ0v) is 15.2. The van der Waals surface area contributed by atoms with E-state index >= 15 is 0 Å². The third-order valence-corrected chi connectivity index (χ3v) is 8.73. The molecular formula is C21H26N2O3. The number of aliphatic hydroxyl groups is 1. The van der Waals surface area contributed by atoms with Crippen molar-refractivity contribution in [3.63, 3.8) is 0 Å². The molecule has 3 spiro atoms. The largest absolute Gasteiger partial charge is 0.469 e. The Kier molecular flexibility index (Phi) is 2.75. The number of anilines is 1. The molecule has 1 aromatic rings. The molecule has 5 heteroatoms. The number of carbonyl (C=O) groups is 1. The van der Waals surface area contributed by atoms with Gasteiger partial charge in [0.1, 0.15) is 0 Å². The lowest BCUT2D eigenvalue weighted by atomic mass is 9.38. The Morgan fingerprint density at radius 2 is 2.12 bits per heavy atom. The fourth-order valence-electron chi connectivity index (χ4n) is 7.99. The van der Waals surface area contributed by atoms with Crippen LogP contribution in [0.1, 0.15) is 37.7 Å². The predicted octanol–water partition coefficient (Wildman–Crippen LogP) is 1.90. The van der Waals surface area contributed by atoms with Crippen molar-refractivity contribution in [3.8, 4) is 0 Å². The summed E-state index contributed by atoms with van der Waals surface area (Å²) in [5.74, 6) is -0.309. The second-order valence-corrected chi connectivity index (χ2v) is 9.12. The standard InChI is InChI=1S/C21H26N2O3/c1-26-17(25)14-12-19-7-8-21(14)20(13-4-2-3-5-15(13)22-21)9-11-23(18(19)20)10-6-16(19)24/h2-5,14,16,18,22,24H,6-12H2,1H3/t14-,16+,18-,19+,20+,21+/m0/s1. The predicted molar refractivity (Wildman–Crippen MR) is 96.9 cm³/mol. The Balaban J connectivity index is 1.66. The number of piperidine rings is 1. The highest BCUT2D eigenvalue weighted by molar-refractivity contribution is 5.80. The molecule has 1 aromatic carbocycles. The van der Waals surface area contributed by atoms with Crippen LogP contribution in [0.3, 0.4) is 0 Å². The highest BCUT2D eigenvalue weighted by Crippen LogP contribution is 2.74. The van der Waals surface area contributed by atoms with E-state index < -0.39 is 0 Å². The monoisotopic (exact) mass is 354 g/mol. The minimum Gasteiger partial charge on any atom is -0.469 e. The molecule has 6 atom stereocenters. The Bertz CT molecular complexity index is 812. The van der Waals surface area contributed by atoms with Crippen LogP contribution in [-0.2, 0) is 14.9 Å². The van der Waals surface area contributed by atoms with Gasteiger partial charge in [-0.1, -0.05) is 18.2 Å². The van der Waals surface area contributed by atoms with Gasteiger partial charge in [0.25, 0.3) is 0 Å². The fourth-order valence-corrected chi connectivity index (χ4v) is 7.99. The first kappa shape index (κ1) is 15.5. The molecule has 6 aliphatic rings. The minimum atomic E-state index is -0.322. The molecule has 3 aliphatic heterocycles. The first-order chi connectivity index (χ1) is 12.6. The average molecular weight is 354 g/mol. The summed E-state index contributed by atoms with van der Waals surface area (Å²) in [6.45, 7) is 2.03. The lowest BCUT2D eigenvalue weighted by molar-refractivity contribution is -0.196. The van der Waals surface area contributed by atoms with Crippen molar-refractivity contribution in [2.24, 2.45) is 11.3 Å². The van der Waals surface area contributed by atoms with E-state index in [1.54, 1.807) is 0 Å². The molecule has 138 valence electrons. The van der Waals surface area contributed by atoms with Crippen LogP contribution in [0.15, 0.2) is 24.3 Å². The van der Waals surface area contributed by atoms with Crippen LogP contribution in [0, 0.1) is 11.3 Å². The van der Waals surface area contributed by atoms with Gasteiger partial charge in [0.05, 0.1) is 24.7 Å². The SMILES string of the molecule is COC(=O)[C@@H]1C[C@]23CC[C@@]14Nc1ccccc1[C@@]41CCN(CC[C@H]2O)[C@@H]31. The Morgan fingerprint density at radius 3 is 2.96 bits per heavy atom. The van der Waals surface area contributed by atoms with Gasteiger partial charge < -0.3 is 15.2 Å². The van der Waals surface area contributed by atoms with E-state index in [1.807, 2.05) is 0 Å². The van der Waals surface area contributed by atoms with Gasteiger partial charge >= 0.3 is 5.97 Å². The number of benzene rings is 1. The molecule has 0 aromatic heterocycles. The second kappa shape index (κ2) is 4.63. The van der Waals surface area contributed by atoms with Crippen LogP contribution < -0.4 is 5.32 Å². The molecule has 3 aliphatic carbocycles. The molecule has 7 rings (SSSR count). The number of ether oxygens (including phenoxy) is 1. The molecule has 5 nitrogen and oxygen atoms in total. The van der Waals surface area contributed by atoms with Crippen molar-refractivity contribution in [2.75, 3.05) is 25.5 Å². The summed E-state index contributed by atoms with van der Waals surface area (Å²) in [7, 11) is 1.50. The summed E-state index contributed by atoms with van der Waals surface area (Å²) in [5, 5.41) is 15.0. The lowest BCUT2D eigenvalue weighted by Crippen LogP contribution is -2.79. The molecular weight excluding hydrogens is 328 g/mol. The Labute approximate surface area is 153 Å². The number of rotatable bonds is 1. The number of nitrogens with one attached hydrogen (secondary N) is 1. The van der Waals surface area contributed by atoms with Gasteiger partial charge in [-0.25, -0.2) is 0 Å². The van der Waals surface area contributed by atoms with Crippen molar-refractivity contribution >= 4 is 11.7 Å². The number of carbonyl (C=O) groups excluding carboxylic acids is 1. The van der Waals surface area contributed by atoms with E-state index in [-0.39, 0.29) is 34.4 Å². The van der Waals surface area contributed by atoms with Gasteiger partial charge in [0.2, 0.25) is 0 Å². The number of esters is 1. The second-order valence-electron chi connectivity index (χ2n) is 9.12. The summed E-state index contributed by atoms with van der Waals surface area (Å²) in [6.07, 6.45) is 4.22.